The number of para-hydroxylation sites is 1. The van der Waals surface area contributed by atoms with Gasteiger partial charge in [0, 0.05) is 21.4 Å². The number of aliphatic imine (C=N–C) groups is 1. The predicted molar refractivity (Wildman–Crippen MR) is 110 cm³/mol. The summed E-state index contributed by atoms with van der Waals surface area (Å²) in [4.78, 5) is 19.5. The van der Waals surface area contributed by atoms with Crippen LogP contribution in [0, 0.1) is 0 Å². The molecule has 1 aliphatic rings. The largest absolute Gasteiger partial charge is 0.295 e. The van der Waals surface area contributed by atoms with E-state index in [2.05, 4.69) is 20.8 Å². The predicted octanol–water partition coefficient (Wildman–Crippen LogP) is 5.59. The van der Waals surface area contributed by atoms with Crippen molar-refractivity contribution in [1.82, 2.24) is 0 Å². The van der Waals surface area contributed by atoms with E-state index in [1.165, 1.54) is 0 Å². The number of Topliss-reactive ketones (excluding diaryl/α,β-unsaturated/α-hetero) is 1. The average Bonchev–Trinajstić information content (AvgIpc) is 2.61. The van der Waals surface area contributed by atoms with Crippen molar-refractivity contribution >= 4 is 44.3 Å². The van der Waals surface area contributed by atoms with Gasteiger partial charge in [0.15, 0.2) is 11.0 Å². The Bertz CT molecular complexity index is 844. The van der Waals surface area contributed by atoms with Gasteiger partial charge in [-0.15, -0.1) is 0 Å². The lowest BCUT2D eigenvalue weighted by atomic mass is 9.93. The summed E-state index contributed by atoms with van der Waals surface area (Å²) in [6.07, 6.45) is 2.01. The maximum Gasteiger partial charge on any atom is 0.168 e. The summed E-state index contributed by atoms with van der Waals surface area (Å²) >= 11 is 5.05. The van der Waals surface area contributed by atoms with Crippen molar-refractivity contribution in [3.05, 3.63) is 75.9 Å². The second-order valence-electron chi connectivity index (χ2n) is 5.80. The maximum atomic E-state index is 12.5. The molecule has 1 atom stereocenters. The molecule has 2 aromatic rings. The first-order valence-corrected chi connectivity index (χ1v) is 9.99. The number of carbonyl (C=O) groups excluding carboxylic acids is 1. The third-order valence-corrected chi connectivity index (χ3v) is 5.37. The summed E-state index contributed by atoms with van der Waals surface area (Å²) in [6.45, 7) is 3.62. The van der Waals surface area contributed by atoms with Gasteiger partial charge < -0.3 is 0 Å². The Labute approximate surface area is 161 Å². The molecule has 25 heavy (non-hydrogen) atoms. The fraction of sp³-hybridized carbons (Fsp3) is 0.200. The molecule has 0 spiro atoms. The molecule has 0 amide bonds. The van der Waals surface area contributed by atoms with Crippen LogP contribution in [0.15, 0.2) is 75.3 Å². The Hall–Kier alpha value is -1.85. The Morgan fingerprint density at radius 1 is 1.12 bits per heavy atom. The Kier molecular flexibility index (Phi) is 5.45. The Morgan fingerprint density at radius 3 is 2.32 bits per heavy atom. The minimum Gasteiger partial charge on any atom is -0.295 e. The molecule has 1 aliphatic heterocycles. The molecule has 3 rings (SSSR count). The molecule has 0 saturated heterocycles. The highest BCUT2D eigenvalue weighted by Crippen LogP contribution is 2.38. The van der Waals surface area contributed by atoms with E-state index in [1.807, 2.05) is 67.8 Å². The molecule has 0 radical (unpaired) electrons. The highest BCUT2D eigenvalue weighted by atomic mass is 79.9. The van der Waals surface area contributed by atoms with Crippen molar-refractivity contribution in [3.8, 4) is 0 Å². The molecule has 3 nitrogen and oxygen atoms in total. The summed E-state index contributed by atoms with van der Waals surface area (Å²) in [5.74, 6) is 0.0512. The van der Waals surface area contributed by atoms with Gasteiger partial charge in [-0.05, 0) is 49.9 Å². The van der Waals surface area contributed by atoms with Crippen LogP contribution in [0.25, 0.3) is 0 Å². The lowest BCUT2D eigenvalue weighted by molar-refractivity contribution is -0.113. The summed E-state index contributed by atoms with van der Waals surface area (Å²) in [5.41, 5.74) is 3.71. The van der Waals surface area contributed by atoms with E-state index in [9.17, 15) is 4.79 Å². The van der Waals surface area contributed by atoms with E-state index in [0.29, 0.717) is 0 Å². The van der Waals surface area contributed by atoms with Crippen molar-refractivity contribution in [1.29, 1.82) is 0 Å². The fourth-order valence-electron chi connectivity index (χ4n) is 3.05. The highest BCUT2D eigenvalue weighted by Gasteiger charge is 2.31. The third kappa shape index (κ3) is 3.58. The second-order valence-corrected chi connectivity index (χ2v) is 7.49. The zero-order valence-electron chi connectivity index (χ0n) is 14.4. The van der Waals surface area contributed by atoms with Gasteiger partial charge in [0.1, 0.15) is 6.04 Å². The number of carbonyl (C=O) groups is 1. The smallest absolute Gasteiger partial charge is 0.168 e. The van der Waals surface area contributed by atoms with Crippen LogP contribution in [0.2, 0.25) is 0 Å². The molecular formula is C20H19BrN2OS. The highest BCUT2D eigenvalue weighted by molar-refractivity contribution is 9.10. The van der Waals surface area contributed by atoms with Crippen molar-refractivity contribution < 1.29 is 4.79 Å². The van der Waals surface area contributed by atoms with Crippen LogP contribution in [-0.2, 0) is 4.79 Å². The number of hydrogen-bond donors (Lipinski definition) is 0. The zero-order valence-corrected chi connectivity index (χ0v) is 16.8. The molecule has 2 aromatic carbocycles. The van der Waals surface area contributed by atoms with Crippen LogP contribution in [0.3, 0.4) is 0 Å². The SMILES string of the molecule is CSC1=N[C@@H](c2ccc(Br)cc2)C(C(C)=O)=C(C)N1c1ccccc1. The number of hydrogen-bond acceptors (Lipinski definition) is 4. The molecule has 0 aliphatic carbocycles. The van der Waals surface area contributed by atoms with Crippen LogP contribution in [-0.4, -0.2) is 17.2 Å². The molecule has 0 unspecified atom stereocenters. The van der Waals surface area contributed by atoms with Crippen LogP contribution in [0.1, 0.15) is 25.5 Å². The Morgan fingerprint density at radius 2 is 1.76 bits per heavy atom. The van der Waals surface area contributed by atoms with E-state index in [-0.39, 0.29) is 11.8 Å². The first-order valence-electron chi connectivity index (χ1n) is 7.97. The number of nitrogens with zero attached hydrogens (tertiary/aromatic N) is 2. The minimum absolute atomic E-state index is 0.0512. The van der Waals surface area contributed by atoms with Crippen LogP contribution in [0.5, 0.6) is 0 Å². The molecule has 0 N–H and O–H groups in total. The van der Waals surface area contributed by atoms with Crippen molar-refractivity contribution in [2.45, 2.75) is 19.9 Å². The van der Waals surface area contributed by atoms with Crippen molar-refractivity contribution in [2.75, 3.05) is 11.2 Å². The van der Waals surface area contributed by atoms with Gasteiger partial charge in [0.25, 0.3) is 0 Å². The third-order valence-electron chi connectivity index (χ3n) is 4.19. The zero-order chi connectivity index (χ0) is 18.0. The van der Waals surface area contributed by atoms with Crippen LogP contribution in [0.4, 0.5) is 5.69 Å². The summed E-state index contributed by atoms with van der Waals surface area (Å²) in [5, 5.41) is 0.890. The number of ketones is 1. The number of halogens is 1. The lowest BCUT2D eigenvalue weighted by Crippen LogP contribution is -2.34. The quantitative estimate of drug-likeness (QED) is 0.655. The van der Waals surface area contributed by atoms with Gasteiger partial charge in [-0.2, -0.15) is 0 Å². The van der Waals surface area contributed by atoms with Gasteiger partial charge in [-0.3, -0.25) is 9.69 Å². The topological polar surface area (TPSA) is 32.7 Å². The lowest BCUT2D eigenvalue weighted by Gasteiger charge is -2.34. The molecule has 128 valence electrons. The van der Waals surface area contributed by atoms with Gasteiger partial charge in [-0.1, -0.05) is 58.0 Å². The number of anilines is 1. The van der Waals surface area contributed by atoms with Crippen molar-refractivity contribution in [3.63, 3.8) is 0 Å². The van der Waals surface area contributed by atoms with Gasteiger partial charge >= 0.3 is 0 Å². The van der Waals surface area contributed by atoms with Gasteiger partial charge in [-0.25, -0.2) is 4.99 Å². The minimum atomic E-state index is -0.270. The van der Waals surface area contributed by atoms with Crippen LogP contribution >= 0.6 is 27.7 Å². The Balaban J connectivity index is 2.15. The molecule has 5 heteroatoms. The summed E-state index contributed by atoms with van der Waals surface area (Å²) < 4.78 is 1.01. The first-order chi connectivity index (χ1) is 12.0. The molecular weight excluding hydrogens is 396 g/mol. The molecule has 0 bridgehead atoms. The normalized spacial score (nSPS) is 17.5. The average molecular weight is 415 g/mol. The number of benzene rings is 2. The number of allylic oxidation sites excluding steroid dienone is 1. The standard InChI is InChI=1S/C20H19BrN2OS/c1-13-18(14(2)24)19(15-9-11-16(21)12-10-15)22-20(25-3)23(13)17-7-5-4-6-8-17/h4-12,19H,1-3H3/t19-/m0/s1. The summed E-state index contributed by atoms with van der Waals surface area (Å²) in [7, 11) is 0. The number of amidine groups is 1. The number of rotatable bonds is 3. The van der Waals surface area contributed by atoms with E-state index >= 15 is 0 Å². The molecule has 0 aromatic heterocycles. The maximum absolute atomic E-state index is 12.5. The van der Waals surface area contributed by atoms with Gasteiger partial charge in [0.2, 0.25) is 0 Å². The number of thioether (sulfide) groups is 1. The van der Waals surface area contributed by atoms with E-state index < -0.39 is 0 Å². The molecule has 0 saturated carbocycles. The molecule has 1 heterocycles. The van der Waals surface area contributed by atoms with Gasteiger partial charge in [0.05, 0.1) is 0 Å². The van der Waals surface area contributed by atoms with Crippen LogP contribution < -0.4 is 4.90 Å². The second kappa shape index (κ2) is 7.58. The first kappa shape index (κ1) is 18.0. The monoisotopic (exact) mass is 414 g/mol. The van der Waals surface area contributed by atoms with E-state index in [0.717, 1.165) is 32.2 Å². The van der Waals surface area contributed by atoms with Crippen molar-refractivity contribution in [2.24, 2.45) is 4.99 Å². The molecule has 0 fully saturated rings. The fourth-order valence-corrected chi connectivity index (χ4v) is 3.95. The summed E-state index contributed by atoms with van der Waals surface area (Å²) in [6, 6.07) is 17.8. The van der Waals surface area contributed by atoms with E-state index in [4.69, 9.17) is 4.99 Å². The van der Waals surface area contributed by atoms with E-state index in [1.54, 1.807) is 18.7 Å².